The molecule has 4 rings (SSSR count). The van der Waals surface area contributed by atoms with Crippen LogP contribution in [0.15, 0.2) is 40.8 Å². The molecule has 6 nitrogen and oxygen atoms in total. The number of nitrogens with two attached hydrogens (primary N) is 1. The lowest BCUT2D eigenvalue weighted by Gasteiger charge is -2.33. The van der Waals surface area contributed by atoms with Crippen LogP contribution in [0.3, 0.4) is 0 Å². The zero-order valence-electron chi connectivity index (χ0n) is 14.9. The number of aryl methyl sites for hydroxylation is 1. The number of fused-ring (bicyclic) bond motifs is 1. The Morgan fingerprint density at radius 3 is 2.52 bits per heavy atom. The van der Waals surface area contributed by atoms with Crippen molar-refractivity contribution in [3.63, 3.8) is 0 Å². The summed E-state index contributed by atoms with van der Waals surface area (Å²) in [7, 11) is 1.41. The Bertz CT molecular complexity index is 988. The minimum absolute atomic E-state index is 0.0512. The Morgan fingerprint density at radius 2 is 1.85 bits per heavy atom. The molecule has 1 aromatic heterocycles. The van der Waals surface area contributed by atoms with Crippen molar-refractivity contribution in [2.45, 2.75) is 24.8 Å². The fraction of sp³-hybridized carbons (Fsp3) is 0.300. The van der Waals surface area contributed by atoms with Crippen molar-refractivity contribution in [3.8, 4) is 28.7 Å². The second-order valence-corrected chi connectivity index (χ2v) is 6.94. The van der Waals surface area contributed by atoms with Gasteiger partial charge in [-0.15, -0.1) is 10.2 Å². The molecule has 0 spiro atoms. The van der Waals surface area contributed by atoms with Gasteiger partial charge in [0.25, 0.3) is 0 Å². The van der Waals surface area contributed by atoms with Crippen molar-refractivity contribution >= 4 is 0 Å². The quantitative estimate of drug-likeness (QED) is 0.734. The molecule has 1 aliphatic rings. The van der Waals surface area contributed by atoms with Gasteiger partial charge in [0, 0.05) is 16.7 Å². The SMILES string of the molecule is COc1ccc(-c2nnc(-c3ccc4c(c3)CC(N)(CO)CC4)o2)cc1F. The zero-order chi connectivity index (χ0) is 19.0. The molecule has 0 saturated carbocycles. The van der Waals surface area contributed by atoms with Gasteiger partial charge in [-0.2, -0.15) is 0 Å². The highest BCUT2D eigenvalue weighted by Gasteiger charge is 2.30. The van der Waals surface area contributed by atoms with Crippen LogP contribution in [0.2, 0.25) is 0 Å². The molecule has 2 aromatic carbocycles. The maximum atomic E-state index is 13.9. The summed E-state index contributed by atoms with van der Waals surface area (Å²) < 4.78 is 24.6. The van der Waals surface area contributed by atoms with E-state index in [0.29, 0.717) is 17.9 Å². The van der Waals surface area contributed by atoms with Crippen LogP contribution in [0.25, 0.3) is 22.9 Å². The van der Waals surface area contributed by atoms with Crippen LogP contribution >= 0.6 is 0 Å². The molecule has 1 atom stereocenters. The number of hydrogen-bond acceptors (Lipinski definition) is 6. The van der Waals surface area contributed by atoms with Crippen LogP contribution < -0.4 is 10.5 Å². The highest BCUT2D eigenvalue weighted by atomic mass is 19.1. The van der Waals surface area contributed by atoms with E-state index in [-0.39, 0.29) is 18.2 Å². The van der Waals surface area contributed by atoms with Gasteiger partial charge in [0.1, 0.15) is 0 Å². The van der Waals surface area contributed by atoms with Gasteiger partial charge in [0.2, 0.25) is 11.8 Å². The first kappa shape index (κ1) is 17.6. The monoisotopic (exact) mass is 369 g/mol. The van der Waals surface area contributed by atoms with Gasteiger partial charge in [-0.3, -0.25) is 0 Å². The molecule has 0 bridgehead atoms. The van der Waals surface area contributed by atoms with Crippen LogP contribution in [0.5, 0.6) is 5.75 Å². The Kier molecular flexibility index (Phi) is 4.41. The Labute approximate surface area is 155 Å². The normalized spacial score (nSPS) is 19.0. The number of methoxy groups -OCH3 is 1. The molecule has 1 aliphatic carbocycles. The molecule has 27 heavy (non-hydrogen) atoms. The number of aromatic nitrogens is 2. The maximum Gasteiger partial charge on any atom is 0.248 e. The summed E-state index contributed by atoms with van der Waals surface area (Å²) in [6.07, 6.45) is 2.17. The molecule has 140 valence electrons. The molecule has 0 fully saturated rings. The minimum Gasteiger partial charge on any atom is -0.494 e. The summed E-state index contributed by atoms with van der Waals surface area (Å²) in [4.78, 5) is 0. The summed E-state index contributed by atoms with van der Waals surface area (Å²) in [5.74, 6) is 0.239. The predicted molar refractivity (Wildman–Crippen MR) is 97.7 cm³/mol. The predicted octanol–water partition coefficient (Wildman–Crippen LogP) is 2.73. The fourth-order valence-corrected chi connectivity index (χ4v) is 3.41. The van der Waals surface area contributed by atoms with Crippen molar-refractivity contribution in [1.82, 2.24) is 10.2 Å². The van der Waals surface area contributed by atoms with Gasteiger partial charge in [-0.1, -0.05) is 6.07 Å². The maximum absolute atomic E-state index is 13.9. The molecule has 7 heteroatoms. The third kappa shape index (κ3) is 3.31. The van der Waals surface area contributed by atoms with Crippen molar-refractivity contribution in [2.75, 3.05) is 13.7 Å². The zero-order valence-corrected chi connectivity index (χ0v) is 14.9. The first-order valence-electron chi connectivity index (χ1n) is 8.71. The van der Waals surface area contributed by atoms with Crippen LogP contribution in [0.1, 0.15) is 17.5 Å². The molecule has 0 saturated heterocycles. The topological polar surface area (TPSA) is 94.4 Å². The number of ether oxygens (including phenoxy) is 1. The van der Waals surface area contributed by atoms with E-state index in [2.05, 4.69) is 10.2 Å². The fourth-order valence-electron chi connectivity index (χ4n) is 3.41. The van der Waals surface area contributed by atoms with E-state index < -0.39 is 11.4 Å². The van der Waals surface area contributed by atoms with E-state index in [9.17, 15) is 9.50 Å². The van der Waals surface area contributed by atoms with Crippen molar-refractivity contribution in [1.29, 1.82) is 0 Å². The van der Waals surface area contributed by atoms with Gasteiger partial charge in [-0.25, -0.2) is 4.39 Å². The lowest BCUT2D eigenvalue weighted by atomic mass is 9.78. The van der Waals surface area contributed by atoms with Gasteiger partial charge < -0.3 is 20.0 Å². The average Bonchev–Trinajstić information content (AvgIpc) is 3.17. The second-order valence-electron chi connectivity index (χ2n) is 6.94. The summed E-state index contributed by atoms with van der Waals surface area (Å²) >= 11 is 0. The first-order chi connectivity index (χ1) is 13.0. The summed E-state index contributed by atoms with van der Waals surface area (Å²) in [6, 6.07) is 10.4. The number of rotatable bonds is 4. The van der Waals surface area contributed by atoms with Crippen LogP contribution in [0.4, 0.5) is 4.39 Å². The minimum atomic E-state index is -0.591. The lowest BCUT2D eigenvalue weighted by Crippen LogP contribution is -2.48. The number of aliphatic hydroxyl groups excluding tert-OH is 1. The van der Waals surface area contributed by atoms with E-state index in [1.165, 1.54) is 24.8 Å². The summed E-state index contributed by atoms with van der Waals surface area (Å²) in [5, 5.41) is 17.7. The number of hydrogen-bond donors (Lipinski definition) is 2. The lowest BCUT2D eigenvalue weighted by molar-refractivity contribution is 0.181. The van der Waals surface area contributed by atoms with E-state index in [1.54, 1.807) is 6.07 Å². The van der Waals surface area contributed by atoms with Gasteiger partial charge in [-0.05, 0) is 60.7 Å². The van der Waals surface area contributed by atoms with Crippen molar-refractivity contribution in [3.05, 3.63) is 53.3 Å². The van der Waals surface area contributed by atoms with E-state index in [1.807, 2.05) is 18.2 Å². The molecule has 3 N–H and O–H groups in total. The second kappa shape index (κ2) is 6.75. The number of aliphatic hydroxyl groups is 1. The Morgan fingerprint density at radius 1 is 1.15 bits per heavy atom. The number of nitrogens with zero attached hydrogens (tertiary/aromatic N) is 2. The van der Waals surface area contributed by atoms with E-state index in [4.69, 9.17) is 14.9 Å². The molecule has 0 amide bonds. The largest absolute Gasteiger partial charge is 0.494 e. The summed E-state index contributed by atoms with van der Waals surface area (Å²) in [5.41, 5.74) is 9.17. The molecule has 1 heterocycles. The van der Waals surface area contributed by atoms with Crippen LogP contribution in [0, 0.1) is 5.82 Å². The first-order valence-corrected chi connectivity index (χ1v) is 8.71. The molecule has 0 aliphatic heterocycles. The van der Waals surface area contributed by atoms with E-state index >= 15 is 0 Å². The van der Waals surface area contributed by atoms with Crippen LogP contribution in [-0.2, 0) is 12.8 Å². The molecule has 1 unspecified atom stereocenters. The molecule has 0 radical (unpaired) electrons. The molecule has 3 aromatic rings. The van der Waals surface area contributed by atoms with Crippen LogP contribution in [-0.4, -0.2) is 34.6 Å². The smallest absolute Gasteiger partial charge is 0.248 e. The molecular formula is C20H20FN3O3. The standard InChI is InChI=1S/C20H20FN3O3/c1-26-17-5-4-14(9-16(17)21)19-24-23-18(27-19)13-3-2-12-6-7-20(22,11-25)10-15(12)8-13/h2-5,8-9,25H,6-7,10-11,22H2,1H3. The van der Waals surface area contributed by atoms with Crippen molar-refractivity contribution < 1.29 is 18.7 Å². The third-order valence-corrected chi connectivity index (χ3v) is 5.03. The average molecular weight is 369 g/mol. The number of halogens is 1. The Hall–Kier alpha value is -2.77. The third-order valence-electron chi connectivity index (χ3n) is 5.03. The van der Waals surface area contributed by atoms with Gasteiger partial charge in [0.05, 0.1) is 13.7 Å². The Balaban J connectivity index is 1.64. The molecular weight excluding hydrogens is 349 g/mol. The van der Waals surface area contributed by atoms with E-state index in [0.717, 1.165) is 24.0 Å². The van der Waals surface area contributed by atoms with Crippen molar-refractivity contribution in [2.24, 2.45) is 5.73 Å². The highest BCUT2D eigenvalue weighted by molar-refractivity contribution is 5.60. The number of benzene rings is 2. The van der Waals surface area contributed by atoms with Gasteiger partial charge >= 0.3 is 0 Å². The highest BCUT2D eigenvalue weighted by Crippen LogP contribution is 2.32. The van der Waals surface area contributed by atoms with Gasteiger partial charge in [0.15, 0.2) is 11.6 Å². The summed E-state index contributed by atoms with van der Waals surface area (Å²) in [6.45, 7) is -0.0512.